The second-order valence-corrected chi connectivity index (χ2v) is 7.73. The van der Waals surface area contributed by atoms with E-state index in [1.165, 1.54) is 11.1 Å². The first-order valence-electron chi connectivity index (χ1n) is 11.2. The summed E-state index contributed by atoms with van der Waals surface area (Å²) in [5, 5.41) is 6.88. The lowest BCUT2D eigenvalue weighted by Crippen LogP contribution is -2.16. The molecule has 0 aliphatic heterocycles. The van der Waals surface area contributed by atoms with Gasteiger partial charge in [0.2, 0.25) is 5.95 Å². The van der Waals surface area contributed by atoms with Crippen molar-refractivity contribution in [2.75, 3.05) is 23.7 Å². The summed E-state index contributed by atoms with van der Waals surface area (Å²) in [6.07, 6.45) is 6.09. The molecule has 0 saturated carbocycles. The van der Waals surface area contributed by atoms with Crippen LogP contribution in [0.15, 0.2) is 78.2 Å². The van der Waals surface area contributed by atoms with Crippen LogP contribution in [0.3, 0.4) is 0 Å². The van der Waals surface area contributed by atoms with Gasteiger partial charge in [0.1, 0.15) is 5.69 Å². The maximum atomic E-state index is 4.76. The molecule has 2 heterocycles. The monoisotopic (exact) mass is 439 g/mol. The van der Waals surface area contributed by atoms with Crippen molar-refractivity contribution in [3.63, 3.8) is 0 Å². The fraction of sp³-hybridized carbons (Fsp3) is 0.231. The van der Waals surface area contributed by atoms with Crippen LogP contribution in [0.5, 0.6) is 0 Å². The Hall–Kier alpha value is -4.00. The minimum absolute atomic E-state index is 0.179. The molecule has 0 unspecified atom stereocenters. The molecule has 0 atom stereocenters. The number of hydrogen-bond acceptors (Lipinski definition) is 6. The maximum Gasteiger partial charge on any atom is 0.225 e. The molecule has 0 saturated heterocycles. The molecule has 4 rings (SSSR count). The topological polar surface area (TPSA) is 90.9 Å². The third-order valence-electron chi connectivity index (χ3n) is 5.43. The SMILES string of the molecule is CC=Nc1c(C)nc(NCCc2cnc[nH]2)nc1NCC(c1ccccc1)c1ccccc1. The summed E-state index contributed by atoms with van der Waals surface area (Å²) in [5.74, 6) is 1.49. The highest BCUT2D eigenvalue weighted by atomic mass is 15.2. The van der Waals surface area contributed by atoms with Gasteiger partial charge in [-0.25, -0.2) is 9.97 Å². The minimum Gasteiger partial charge on any atom is -0.367 e. The Morgan fingerprint density at radius 1 is 0.970 bits per heavy atom. The smallest absolute Gasteiger partial charge is 0.225 e. The van der Waals surface area contributed by atoms with Gasteiger partial charge in [0, 0.05) is 43.5 Å². The van der Waals surface area contributed by atoms with Crippen molar-refractivity contribution < 1.29 is 0 Å². The first-order valence-corrected chi connectivity index (χ1v) is 11.2. The van der Waals surface area contributed by atoms with E-state index >= 15 is 0 Å². The molecular weight excluding hydrogens is 410 g/mol. The van der Waals surface area contributed by atoms with E-state index in [0.717, 1.165) is 29.3 Å². The molecule has 0 spiro atoms. The summed E-state index contributed by atoms with van der Waals surface area (Å²) in [5.41, 5.74) is 5.15. The number of benzene rings is 2. The molecule has 3 N–H and O–H groups in total. The normalized spacial score (nSPS) is 11.2. The van der Waals surface area contributed by atoms with Gasteiger partial charge in [-0.1, -0.05) is 60.7 Å². The number of rotatable bonds is 10. The molecule has 0 radical (unpaired) electrons. The number of aryl methyl sites for hydroxylation is 1. The molecular formula is C26H29N7. The summed E-state index contributed by atoms with van der Waals surface area (Å²) in [4.78, 5) is 21.1. The van der Waals surface area contributed by atoms with Crippen LogP contribution in [0.4, 0.5) is 17.5 Å². The van der Waals surface area contributed by atoms with Crippen molar-refractivity contribution in [3.8, 4) is 0 Å². The average Bonchev–Trinajstić information content (AvgIpc) is 3.36. The Labute approximate surface area is 194 Å². The van der Waals surface area contributed by atoms with E-state index in [0.29, 0.717) is 19.0 Å². The first kappa shape index (κ1) is 22.2. The van der Waals surface area contributed by atoms with E-state index in [2.05, 4.69) is 79.1 Å². The fourth-order valence-corrected chi connectivity index (χ4v) is 3.78. The second-order valence-electron chi connectivity index (χ2n) is 7.73. The average molecular weight is 440 g/mol. The molecule has 33 heavy (non-hydrogen) atoms. The third-order valence-corrected chi connectivity index (χ3v) is 5.43. The van der Waals surface area contributed by atoms with Crippen molar-refractivity contribution in [3.05, 3.63) is 95.7 Å². The number of aliphatic imine (C=N–C) groups is 1. The lowest BCUT2D eigenvalue weighted by Gasteiger charge is -2.20. The number of anilines is 2. The molecule has 7 heteroatoms. The lowest BCUT2D eigenvalue weighted by molar-refractivity contribution is 0.846. The summed E-state index contributed by atoms with van der Waals surface area (Å²) in [6.45, 7) is 5.25. The van der Waals surface area contributed by atoms with Crippen LogP contribution in [0.1, 0.15) is 35.4 Å². The molecule has 168 valence electrons. The molecule has 0 aliphatic carbocycles. The molecule has 0 fully saturated rings. The second kappa shape index (κ2) is 11.0. The van der Waals surface area contributed by atoms with Gasteiger partial charge in [-0.15, -0.1) is 0 Å². The highest BCUT2D eigenvalue weighted by molar-refractivity contribution is 5.71. The van der Waals surface area contributed by atoms with Crippen LogP contribution < -0.4 is 10.6 Å². The highest BCUT2D eigenvalue weighted by Crippen LogP contribution is 2.30. The highest BCUT2D eigenvalue weighted by Gasteiger charge is 2.17. The van der Waals surface area contributed by atoms with Gasteiger partial charge in [-0.3, -0.25) is 4.99 Å². The van der Waals surface area contributed by atoms with Crippen molar-refractivity contribution in [2.24, 2.45) is 4.99 Å². The van der Waals surface area contributed by atoms with E-state index in [1.54, 1.807) is 12.5 Å². The van der Waals surface area contributed by atoms with E-state index < -0.39 is 0 Å². The summed E-state index contributed by atoms with van der Waals surface area (Å²) in [7, 11) is 0. The minimum atomic E-state index is 0.179. The zero-order valence-electron chi connectivity index (χ0n) is 19.0. The van der Waals surface area contributed by atoms with Crippen LogP contribution in [0, 0.1) is 6.92 Å². The predicted octanol–water partition coefficient (Wildman–Crippen LogP) is 5.13. The van der Waals surface area contributed by atoms with Gasteiger partial charge < -0.3 is 15.6 Å². The quantitative estimate of drug-likeness (QED) is 0.298. The van der Waals surface area contributed by atoms with Crippen LogP contribution in [0.25, 0.3) is 0 Å². The number of aromatic nitrogens is 4. The molecule has 0 bridgehead atoms. The third kappa shape index (κ3) is 5.83. The molecule has 0 amide bonds. The Morgan fingerprint density at radius 3 is 2.27 bits per heavy atom. The Morgan fingerprint density at radius 2 is 1.67 bits per heavy atom. The van der Waals surface area contributed by atoms with Crippen LogP contribution >= 0.6 is 0 Å². The van der Waals surface area contributed by atoms with Crippen LogP contribution in [-0.4, -0.2) is 39.2 Å². The van der Waals surface area contributed by atoms with Crippen molar-refractivity contribution in [1.82, 2.24) is 19.9 Å². The van der Waals surface area contributed by atoms with Crippen molar-refractivity contribution >= 4 is 23.7 Å². The molecule has 4 aromatic rings. The van der Waals surface area contributed by atoms with Crippen LogP contribution in [-0.2, 0) is 6.42 Å². The van der Waals surface area contributed by atoms with Gasteiger partial charge in [0.05, 0.1) is 12.0 Å². The number of imidazole rings is 1. The van der Waals surface area contributed by atoms with E-state index in [4.69, 9.17) is 4.98 Å². The van der Waals surface area contributed by atoms with Gasteiger partial charge in [-0.2, -0.15) is 4.98 Å². The van der Waals surface area contributed by atoms with Crippen molar-refractivity contribution in [1.29, 1.82) is 0 Å². The molecule has 7 nitrogen and oxygen atoms in total. The summed E-state index contributed by atoms with van der Waals surface area (Å²) < 4.78 is 0. The molecule has 2 aromatic carbocycles. The van der Waals surface area contributed by atoms with Gasteiger partial charge in [-0.05, 0) is 25.0 Å². The van der Waals surface area contributed by atoms with Gasteiger partial charge in [0.25, 0.3) is 0 Å². The largest absolute Gasteiger partial charge is 0.367 e. The molecule has 0 aliphatic rings. The first-order chi connectivity index (χ1) is 16.2. The number of hydrogen-bond donors (Lipinski definition) is 3. The summed E-state index contributed by atoms with van der Waals surface area (Å²) >= 11 is 0. The number of H-pyrrole nitrogens is 1. The Kier molecular flexibility index (Phi) is 7.43. The fourth-order valence-electron chi connectivity index (χ4n) is 3.78. The van der Waals surface area contributed by atoms with Gasteiger partial charge >= 0.3 is 0 Å². The maximum absolute atomic E-state index is 4.76. The zero-order chi connectivity index (χ0) is 22.9. The Bertz CT molecular complexity index is 1120. The van der Waals surface area contributed by atoms with E-state index in [-0.39, 0.29) is 5.92 Å². The number of aromatic amines is 1. The standard InChI is InChI=1S/C26H29N7/c1-3-28-24-19(2)32-26(29-15-14-22-16-27-18-31-22)33-25(24)30-17-23(20-10-6-4-7-11-20)21-12-8-5-9-13-21/h3-13,16,18,23H,14-15,17H2,1-2H3,(H,27,31)(H2,29,30,32,33). The lowest BCUT2D eigenvalue weighted by atomic mass is 9.91. The number of nitrogens with one attached hydrogen (secondary N) is 3. The summed E-state index contributed by atoms with van der Waals surface area (Å²) in [6, 6.07) is 21.1. The van der Waals surface area contributed by atoms with E-state index in [1.807, 2.05) is 32.2 Å². The molecule has 2 aromatic heterocycles. The predicted molar refractivity (Wildman–Crippen MR) is 135 cm³/mol. The number of nitrogens with zero attached hydrogens (tertiary/aromatic N) is 4. The van der Waals surface area contributed by atoms with E-state index in [9.17, 15) is 0 Å². The van der Waals surface area contributed by atoms with Gasteiger partial charge in [0.15, 0.2) is 5.82 Å². The van der Waals surface area contributed by atoms with Crippen LogP contribution in [0.2, 0.25) is 0 Å². The zero-order valence-corrected chi connectivity index (χ0v) is 19.0. The Balaban J connectivity index is 1.56. The van der Waals surface area contributed by atoms with Crippen molar-refractivity contribution in [2.45, 2.75) is 26.2 Å².